The van der Waals surface area contributed by atoms with E-state index in [0.717, 1.165) is 0 Å². The van der Waals surface area contributed by atoms with E-state index in [1.54, 1.807) is 36.5 Å². The number of nitriles is 1. The van der Waals surface area contributed by atoms with Crippen molar-refractivity contribution in [1.29, 1.82) is 5.26 Å². The first-order valence-corrected chi connectivity index (χ1v) is 5.29. The number of hydrogen-bond acceptors (Lipinski definition) is 2. The van der Waals surface area contributed by atoms with Crippen LogP contribution in [0.2, 0.25) is 10.0 Å². The van der Waals surface area contributed by atoms with Crippen molar-refractivity contribution in [3.8, 4) is 17.3 Å². The molecule has 16 heavy (non-hydrogen) atoms. The zero-order valence-electron chi connectivity index (χ0n) is 8.11. The Labute approximate surface area is 103 Å². The summed E-state index contributed by atoms with van der Waals surface area (Å²) in [4.78, 5) is 4.16. The molecule has 0 spiro atoms. The molecule has 2 aromatic rings. The fourth-order valence-electron chi connectivity index (χ4n) is 1.40. The van der Waals surface area contributed by atoms with Crippen LogP contribution in [-0.2, 0) is 0 Å². The van der Waals surface area contributed by atoms with Crippen molar-refractivity contribution in [3.05, 3.63) is 52.1 Å². The van der Waals surface area contributed by atoms with Crippen LogP contribution in [0.15, 0.2) is 36.5 Å². The zero-order valence-corrected chi connectivity index (χ0v) is 9.63. The largest absolute Gasteiger partial charge is 0.255 e. The zero-order chi connectivity index (χ0) is 11.5. The molecule has 0 aliphatic heterocycles. The lowest BCUT2D eigenvalue weighted by Gasteiger charge is -2.06. The lowest BCUT2D eigenvalue weighted by Crippen LogP contribution is -1.89. The molecular weight excluding hydrogens is 243 g/mol. The Morgan fingerprint density at radius 2 is 1.94 bits per heavy atom. The summed E-state index contributed by atoms with van der Waals surface area (Å²) in [6.07, 6.45) is 1.62. The standard InChI is InChI=1S/C12H6Cl2N2/c13-10-5-1-4-9(11(10)14)12-8(7-15)3-2-6-16-12/h1-6H. The molecule has 1 aromatic carbocycles. The Kier molecular flexibility index (Phi) is 3.09. The van der Waals surface area contributed by atoms with Gasteiger partial charge in [0.2, 0.25) is 0 Å². The molecule has 0 aliphatic rings. The minimum absolute atomic E-state index is 0.416. The van der Waals surface area contributed by atoms with Crippen molar-refractivity contribution in [2.75, 3.05) is 0 Å². The predicted molar refractivity (Wildman–Crippen MR) is 64.4 cm³/mol. The van der Waals surface area contributed by atoms with Gasteiger partial charge in [-0.3, -0.25) is 4.98 Å². The first-order chi connectivity index (χ1) is 7.74. The number of nitrogens with zero attached hydrogens (tertiary/aromatic N) is 2. The van der Waals surface area contributed by atoms with Crippen LogP contribution in [-0.4, -0.2) is 4.98 Å². The van der Waals surface area contributed by atoms with Gasteiger partial charge < -0.3 is 0 Å². The normalized spacial score (nSPS) is 9.81. The molecule has 0 aliphatic carbocycles. The van der Waals surface area contributed by atoms with Gasteiger partial charge in [-0.15, -0.1) is 0 Å². The van der Waals surface area contributed by atoms with E-state index in [1.807, 2.05) is 0 Å². The second-order valence-corrected chi connectivity index (χ2v) is 3.90. The third kappa shape index (κ3) is 1.88. The summed E-state index contributed by atoms with van der Waals surface area (Å²) in [7, 11) is 0. The van der Waals surface area contributed by atoms with E-state index in [-0.39, 0.29) is 0 Å². The predicted octanol–water partition coefficient (Wildman–Crippen LogP) is 3.93. The summed E-state index contributed by atoms with van der Waals surface area (Å²) >= 11 is 12.0. The minimum atomic E-state index is 0.416. The maximum atomic E-state index is 8.97. The molecule has 1 aromatic heterocycles. The van der Waals surface area contributed by atoms with E-state index in [0.29, 0.717) is 26.9 Å². The molecule has 0 radical (unpaired) electrons. The van der Waals surface area contributed by atoms with Crippen molar-refractivity contribution in [2.24, 2.45) is 0 Å². The van der Waals surface area contributed by atoms with Crippen molar-refractivity contribution in [3.63, 3.8) is 0 Å². The average Bonchev–Trinajstić information content (AvgIpc) is 2.33. The van der Waals surface area contributed by atoms with Crippen LogP contribution in [0.4, 0.5) is 0 Å². The van der Waals surface area contributed by atoms with E-state index in [2.05, 4.69) is 11.1 Å². The Morgan fingerprint density at radius 3 is 2.69 bits per heavy atom. The van der Waals surface area contributed by atoms with E-state index in [4.69, 9.17) is 28.5 Å². The van der Waals surface area contributed by atoms with Crippen LogP contribution in [0.25, 0.3) is 11.3 Å². The summed E-state index contributed by atoms with van der Waals surface area (Å²) in [6.45, 7) is 0. The number of pyridine rings is 1. The summed E-state index contributed by atoms with van der Waals surface area (Å²) in [5.41, 5.74) is 1.70. The van der Waals surface area contributed by atoms with Gasteiger partial charge in [0, 0.05) is 11.8 Å². The number of halogens is 2. The van der Waals surface area contributed by atoms with E-state index >= 15 is 0 Å². The molecular formula is C12H6Cl2N2. The summed E-state index contributed by atoms with van der Waals surface area (Å²) in [6, 6.07) is 10.7. The second-order valence-electron chi connectivity index (χ2n) is 3.11. The number of hydrogen-bond donors (Lipinski definition) is 0. The molecule has 0 bridgehead atoms. The van der Waals surface area contributed by atoms with Gasteiger partial charge in [-0.2, -0.15) is 5.26 Å². The Balaban J connectivity index is 2.69. The average molecular weight is 249 g/mol. The lowest BCUT2D eigenvalue weighted by molar-refractivity contribution is 1.30. The summed E-state index contributed by atoms with van der Waals surface area (Å²) < 4.78 is 0. The quantitative estimate of drug-likeness (QED) is 0.767. The van der Waals surface area contributed by atoms with Crippen LogP contribution in [0, 0.1) is 11.3 Å². The second kappa shape index (κ2) is 4.52. The summed E-state index contributed by atoms with van der Waals surface area (Å²) in [5, 5.41) is 9.84. The van der Waals surface area contributed by atoms with Crippen LogP contribution in [0.3, 0.4) is 0 Å². The van der Waals surface area contributed by atoms with Crippen molar-refractivity contribution in [1.82, 2.24) is 4.98 Å². The SMILES string of the molecule is N#Cc1cccnc1-c1cccc(Cl)c1Cl. The minimum Gasteiger partial charge on any atom is -0.255 e. The number of benzene rings is 1. The van der Waals surface area contributed by atoms with E-state index in [1.165, 1.54) is 0 Å². The molecule has 0 N–H and O–H groups in total. The van der Waals surface area contributed by atoms with Crippen molar-refractivity contribution in [2.45, 2.75) is 0 Å². The fourth-order valence-corrected chi connectivity index (χ4v) is 1.79. The number of rotatable bonds is 1. The maximum Gasteiger partial charge on any atom is 0.101 e. The molecule has 78 valence electrons. The molecule has 2 nitrogen and oxygen atoms in total. The molecule has 0 fully saturated rings. The molecule has 2 rings (SSSR count). The highest BCUT2D eigenvalue weighted by Gasteiger charge is 2.11. The Bertz CT molecular complexity index is 573. The highest BCUT2D eigenvalue weighted by Crippen LogP contribution is 2.33. The van der Waals surface area contributed by atoms with Gasteiger partial charge in [0.05, 0.1) is 21.3 Å². The fraction of sp³-hybridized carbons (Fsp3) is 0. The lowest BCUT2D eigenvalue weighted by atomic mass is 10.1. The number of aromatic nitrogens is 1. The third-order valence-corrected chi connectivity index (χ3v) is 2.95. The highest BCUT2D eigenvalue weighted by molar-refractivity contribution is 6.43. The van der Waals surface area contributed by atoms with Gasteiger partial charge in [0.25, 0.3) is 0 Å². The van der Waals surface area contributed by atoms with Crippen LogP contribution < -0.4 is 0 Å². The third-order valence-electron chi connectivity index (χ3n) is 2.13. The molecule has 0 unspecified atom stereocenters. The summed E-state index contributed by atoms with van der Waals surface area (Å²) in [5.74, 6) is 0. The van der Waals surface area contributed by atoms with Crippen LogP contribution in [0.1, 0.15) is 5.56 Å². The van der Waals surface area contributed by atoms with Crippen LogP contribution in [0.5, 0.6) is 0 Å². The van der Waals surface area contributed by atoms with E-state index < -0.39 is 0 Å². The molecule has 1 heterocycles. The van der Waals surface area contributed by atoms with Gasteiger partial charge in [0.15, 0.2) is 0 Å². The first kappa shape index (κ1) is 10.9. The van der Waals surface area contributed by atoms with Gasteiger partial charge >= 0.3 is 0 Å². The van der Waals surface area contributed by atoms with Gasteiger partial charge in [-0.05, 0) is 18.2 Å². The smallest absolute Gasteiger partial charge is 0.101 e. The molecule has 4 heteroatoms. The highest BCUT2D eigenvalue weighted by atomic mass is 35.5. The molecule has 0 saturated heterocycles. The van der Waals surface area contributed by atoms with Crippen LogP contribution >= 0.6 is 23.2 Å². The van der Waals surface area contributed by atoms with Gasteiger partial charge in [-0.25, -0.2) is 0 Å². The van der Waals surface area contributed by atoms with Crippen molar-refractivity contribution < 1.29 is 0 Å². The molecule has 0 amide bonds. The van der Waals surface area contributed by atoms with Gasteiger partial charge in [-0.1, -0.05) is 35.3 Å². The maximum absolute atomic E-state index is 8.97. The Morgan fingerprint density at radius 1 is 1.12 bits per heavy atom. The Hall–Kier alpha value is -1.56. The monoisotopic (exact) mass is 248 g/mol. The molecule has 0 saturated carbocycles. The van der Waals surface area contributed by atoms with Crippen molar-refractivity contribution >= 4 is 23.2 Å². The first-order valence-electron chi connectivity index (χ1n) is 4.53. The molecule has 0 atom stereocenters. The van der Waals surface area contributed by atoms with E-state index in [9.17, 15) is 0 Å². The van der Waals surface area contributed by atoms with Gasteiger partial charge in [0.1, 0.15) is 6.07 Å². The topological polar surface area (TPSA) is 36.7 Å².